The van der Waals surface area contributed by atoms with Gasteiger partial charge in [0.15, 0.2) is 5.78 Å². The number of carbonyl (C=O) groups is 4. The van der Waals surface area contributed by atoms with Crippen LogP contribution in [0.5, 0.6) is 0 Å². The van der Waals surface area contributed by atoms with Crippen LogP contribution < -0.4 is 10.6 Å². The van der Waals surface area contributed by atoms with E-state index in [0.29, 0.717) is 37.4 Å². The highest BCUT2D eigenvalue weighted by atomic mass is 16.2. The second-order valence-corrected chi connectivity index (χ2v) is 10.6. The lowest BCUT2D eigenvalue weighted by Crippen LogP contribution is -2.53. The van der Waals surface area contributed by atoms with E-state index in [-0.39, 0.29) is 35.2 Å². The number of amides is 2. The molecule has 0 radical (unpaired) electrons. The molecule has 8 heteroatoms. The predicted molar refractivity (Wildman–Crippen MR) is 138 cm³/mol. The molecule has 2 heterocycles. The maximum Gasteiger partial charge on any atom is 0.271 e. The van der Waals surface area contributed by atoms with Crippen LogP contribution in [-0.2, 0) is 14.4 Å². The number of Topliss-reactive ketones (excluding diaryl/α,β-unsaturated/α-hetero) is 2. The molecule has 5 unspecified atom stereocenters. The number of hydrogen-bond donors (Lipinski definition) is 3. The molecule has 1 aromatic heterocycles. The van der Waals surface area contributed by atoms with Crippen LogP contribution in [0.15, 0.2) is 24.3 Å². The van der Waals surface area contributed by atoms with Crippen LogP contribution in [-0.4, -0.2) is 58.9 Å². The second-order valence-electron chi connectivity index (χ2n) is 10.6. The first-order chi connectivity index (χ1) is 17.4. The summed E-state index contributed by atoms with van der Waals surface area (Å²) in [6.45, 7) is 2.33. The number of benzene rings is 1. The number of fused-ring (bicyclic) bond motifs is 2. The second kappa shape index (κ2) is 10.1. The number of carbonyl (C=O) groups excluding carboxylic acids is 4. The standard InChI is InChI=1S/C28H36N4O4/c1-3-24(33)22(13-16-7-5-12-25(16)34)31-27(35)26-18-9-4-8-17(18)15-32(26)28(36)23-14-19-20(29-2)10-6-11-21(19)30-23/h6,10-11,14,16-18,22,26,29-30H,3-5,7-9,12-13,15H2,1-2H3,(H,31,35). The smallest absolute Gasteiger partial charge is 0.271 e. The van der Waals surface area contributed by atoms with Gasteiger partial charge in [-0.05, 0) is 62.1 Å². The Kier molecular flexibility index (Phi) is 6.86. The Morgan fingerprint density at radius 2 is 2.00 bits per heavy atom. The average Bonchev–Trinajstić information content (AvgIpc) is 3.66. The molecule has 8 nitrogen and oxygen atoms in total. The van der Waals surface area contributed by atoms with Crippen molar-refractivity contribution in [3.8, 4) is 0 Å². The van der Waals surface area contributed by atoms with Crippen LogP contribution in [0, 0.1) is 17.8 Å². The van der Waals surface area contributed by atoms with Crippen molar-refractivity contribution in [2.24, 2.45) is 17.8 Å². The number of aromatic amines is 1. The highest BCUT2D eigenvalue weighted by Crippen LogP contribution is 2.43. The monoisotopic (exact) mass is 492 g/mol. The van der Waals surface area contributed by atoms with Crippen LogP contribution in [0.3, 0.4) is 0 Å². The van der Waals surface area contributed by atoms with Crippen LogP contribution in [0.2, 0.25) is 0 Å². The Hall–Kier alpha value is -3.16. The molecule has 3 aliphatic rings. The van der Waals surface area contributed by atoms with Gasteiger partial charge >= 0.3 is 0 Å². The van der Waals surface area contributed by atoms with Gasteiger partial charge in [-0.2, -0.15) is 0 Å². The molecule has 2 aromatic rings. The molecule has 2 aliphatic carbocycles. The van der Waals surface area contributed by atoms with Gasteiger partial charge in [0.2, 0.25) is 5.91 Å². The molecular weight excluding hydrogens is 456 g/mol. The fourth-order valence-electron chi connectivity index (χ4n) is 6.69. The Bertz CT molecular complexity index is 1190. The minimum atomic E-state index is -0.682. The highest BCUT2D eigenvalue weighted by Gasteiger charge is 2.50. The van der Waals surface area contributed by atoms with Gasteiger partial charge in [-0.25, -0.2) is 0 Å². The SMILES string of the molecule is CCC(=O)C(CC1CCCC1=O)NC(=O)C1C2CCCC2CN1C(=O)c1cc2c(NC)cccc2[nH]1. The highest BCUT2D eigenvalue weighted by molar-refractivity contribution is 6.03. The number of ketones is 2. The van der Waals surface area contributed by atoms with E-state index in [2.05, 4.69) is 15.6 Å². The lowest BCUT2D eigenvalue weighted by Gasteiger charge is -2.29. The number of likely N-dealkylation sites (tertiary alicyclic amines) is 1. The molecule has 5 rings (SSSR count). The summed E-state index contributed by atoms with van der Waals surface area (Å²) < 4.78 is 0. The van der Waals surface area contributed by atoms with Gasteiger partial charge in [0, 0.05) is 48.9 Å². The summed E-state index contributed by atoms with van der Waals surface area (Å²) in [4.78, 5) is 57.4. The number of hydrogen-bond acceptors (Lipinski definition) is 5. The van der Waals surface area contributed by atoms with Gasteiger partial charge in [-0.1, -0.05) is 19.4 Å². The zero-order valence-corrected chi connectivity index (χ0v) is 21.1. The molecule has 3 N–H and O–H groups in total. The largest absolute Gasteiger partial charge is 0.388 e. The number of nitrogens with zero attached hydrogens (tertiary/aromatic N) is 1. The molecule has 2 amide bonds. The van der Waals surface area contributed by atoms with E-state index in [1.807, 2.05) is 31.3 Å². The Morgan fingerprint density at radius 3 is 2.72 bits per heavy atom. The third-order valence-electron chi connectivity index (χ3n) is 8.59. The van der Waals surface area contributed by atoms with Gasteiger partial charge in [-0.15, -0.1) is 0 Å². The van der Waals surface area contributed by atoms with E-state index in [0.717, 1.165) is 48.7 Å². The van der Waals surface area contributed by atoms with Crippen LogP contribution in [0.25, 0.3) is 10.9 Å². The molecule has 1 aromatic carbocycles. The summed E-state index contributed by atoms with van der Waals surface area (Å²) in [5.41, 5.74) is 2.25. The number of H-pyrrole nitrogens is 1. The molecule has 1 aliphatic heterocycles. The summed E-state index contributed by atoms with van der Waals surface area (Å²) in [6, 6.07) is 6.38. The molecule has 192 valence electrons. The number of rotatable bonds is 8. The zero-order valence-electron chi connectivity index (χ0n) is 21.1. The van der Waals surface area contributed by atoms with Gasteiger partial charge in [0.1, 0.15) is 17.5 Å². The minimum Gasteiger partial charge on any atom is -0.388 e. The van der Waals surface area contributed by atoms with Gasteiger partial charge in [0.25, 0.3) is 5.91 Å². The van der Waals surface area contributed by atoms with Gasteiger partial charge in [-0.3, -0.25) is 19.2 Å². The molecule has 2 saturated carbocycles. The fourth-order valence-corrected chi connectivity index (χ4v) is 6.69. The number of anilines is 1. The van der Waals surface area contributed by atoms with Crippen molar-refractivity contribution in [2.75, 3.05) is 18.9 Å². The molecule has 36 heavy (non-hydrogen) atoms. The van der Waals surface area contributed by atoms with E-state index >= 15 is 0 Å². The molecule has 3 fully saturated rings. The number of aromatic nitrogens is 1. The van der Waals surface area contributed by atoms with Crippen molar-refractivity contribution < 1.29 is 19.2 Å². The van der Waals surface area contributed by atoms with Crippen molar-refractivity contribution in [1.82, 2.24) is 15.2 Å². The lowest BCUT2D eigenvalue weighted by molar-refractivity contribution is -0.131. The van der Waals surface area contributed by atoms with E-state index in [1.165, 1.54) is 0 Å². The fraction of sp³-hybridized carbons (Fsp3) is 0.571. The molecule has 0 bridgehead atoms. The summed E-state index contributed by atoms with van der Waals surface area (Å²) in [5.74, 6) is -0.105. The first-order valence-electron chi connectivity index (χ1n) is 13.4. The summed E-state index contributed by atoms with van der Waals surface area (Å²) in [5, 5.41) is 7.08. The summed E-state index contributed by atoms with van der Waals surface area (Å²) >= 11 is 0. The summed E-state index contributed by atoms with van der Waals surface area (Å²) in [6.07, 6.45) is 5.79. The third kappa shape index (κ3) is 4.42. The van der Waals surface area contributed by atoms with Crippen molar-refractivity contribution in [2.45, 2.75) is 70.4 Å². The van der Waals surface area contributed by atoms with Crippen molar-refractivity contribution in [1.29, 1.82) is 0 Å². The minimum absolute atomic E-state index is 0.0582. The van der Waals surface area contributed by atoms with Crippen molar-refractivity contribution in [3.63, 3.8) is 0 Å². The van der Waals surface area contributed by atoms with E-state index < -0.39 is 12.1 Å². The van der Waals surface area contributed by atoms with Gasteiger partial charge < -0.3 is 20.5 Å². The van der Waals surface area contributed by atoms with Gasteiger partial charge in [0.05, 0.1) is 6.04 Å². The topological polar surface area (TPSA) is 111 Å². The Morgan fingerprint density at radius 1 is 1.17 bits per heavy atom. The van der Waals surface area contributed by atoms with Crippen LogP contribution >= 0.6 is 0 Å². The quantitative estimate of drug-likeness (QED) is 0.521. The Balaban J connectivity index is 1.39. The molecule has 5 atom stereocenters. The van der Waals surface area contributed by atoms with E-state index in [9.17, 15) is 19.2 Å². The predicted octanol–water partition coefficient (Wildman–Crippen LogP) is 3.67. The van der Waals surface area contributed by atoms with E-state index in [4.69, 9.17) is 0 Å². The third-order valence-corrected chi connectivity index (χ3v) is 8.59. The molecule has 0 spiro atoms. The Labute approximate surface area is 211 Å². The lowest BCUT2D eigenvalue weighted by atomic mass is 9.91. The summed E-state index contributed by atoms with van der Waals surface area (Å²) in [7, 11) is 1.85. The maximum atomic E-state index is 13.7. The van der Waals surface area contributed by atoms with Crippen molar-refractivity contribution in [3.05, 3.63) is 30.0 Å². The van der Waals surface area contributed by atoms with Crippen molar-refractivity contribution >= 4 is 40.0 Å². The van der Waals surface area contributed by atoms with Crippen LogP contribution in [0.4, 0.5) is 5.69 Å². The first kappa shape index (κ1) is 24.5. The maximum absolute atomic E-state index is 13.7. The number of nitrogens with one attached hydrogen (secondary N) is 3. The average molecular weight is 493 g/mol. The zero-order chi connectivity index (χ0) is 25.4. The molecule has 1 saturated heterocycles. The molecular formula is C28H36N4O4. The van der Waals surface area contributed by atoms with Crippen LogP contribution in [0.1, 0.15) is 68.8 Å². The van der Waals surface area contributed by atoms with E-state index in [1.54, 1.807) is 11.8 Å². The normalized spacial score (nSPS) is 26.3. The first-order valence-corrected chi connectivity index (χ1v) is 13.4.